The van der Waals surface area contributed by atoms with Gasteiger partial charge in [0.25, 0.3) is 0 Å². The van der Waals surface area contributed by atoms with E-state index in [-0.39, 0.29) is 28.5 Å². The number of carboxylic acids is 2. The SMILES string of the molecule is CC.O=C(O)c1cc(Cn2c3ccccc3c(=O)c3cc4[nH]c5ccccc5c(=O)c4cc32)cc(C(=O)O)c1. The summed E-state index contributed by atoms with van der Waals surface area (Å²) in [5, 5.41) is 20.8. The Kier molecular flexibility index (Phi) is 6.45. The second-order valence-electron chi connectivity index (χ2n) is 8.88. The molecule has 6 aromatic rings. The number of aromatic nitrogens is 2. The molecule has 0 atom stereocenters. The van der Waals surface area contributed by atoms with Gasteiger partial charge in [-0.2, -0.15) is 0 Å². The maximum absolute atomic E-state index is 13.5. The van der Waals surface area contributed by atoms with Crippen molar-refractivity contribution in [3.8, 4) is 0 Å². The van der Waals surface area contributed by atoms with Gasteiger partial charge in [-0.05, 0) is 60.2 Å². The smallest absolute Gasteiger partial charge is 0.335 e. The van der Waals surface area contributed by atoms with Crippen LogP contribution in [0.15, 0.2) is 88.5 Å². The Morgan fingerprint density at radius 2 is 1.26 bits per heavy atom. The number of fused-ring (bicyclic) bond motifs is 4. The number of benzene rings is 4. The van der Waals surface area contributed by atoms with Gasteiger partial charge in [-0.25, -0.2) is 9.59 Å². The van der Waals surface area contributed by atoms with Crippen LogP contribution in [0.2, 0.25) is 0 Å². The van der Waals surface area contributed by atoms with E-state index in [4.69, 9.17) is 0 Å². The van der Waals surface area contributed by atoms with Crippen LogP contribution in [-0.4, -0.2) is 31.7 Å². The summed E-state index contributed by atoms with van der Waals surface area (Å²) in [7, 11) is 0. The van der Waals surface area contributed by atoms with Crippen LogP contribution in [0.3, 0.4) is 0 Å². The van der Waals surface area contributed by atoms with Gasteiger partial charge in [0.05, 0.1) is 27.7 Å². The molecule has 0 unspecified atom stereocenters. The number of pyridine rings is 2. The molecule has 4 aromatic carbocycles. The standard InChI is InChI=1S/C29H18N2O6.C2H6/c32-26-18-5-1-3-7-22(18)30-23-12-21-25(13-20(23)26)31(24-8-4-2-6-19(24)27(21)33)14-15-9-16(28(34)35)11-17(10-15)29(36)37;1-2/h1-13H,14H2,(H,30,32)(H,34,35)(H,36,37);1-2H3. The summed E-state index contributed by atoms with van der Waals surface area (Å²) in [6.07, 6.45) is 0. The molecule has 0 radical (unpaired) electrons. The minimum atomic E-state index is -1.25. The lowest BCUT2D eigenvalue weighted by atomic mass is 10.0. The number of carboxylic acid groups (broad SMARTS) is 2. The molecule has 0 aliphatic heterocycles. The minimum absolute atomic E-state index is 0.0791. The molecule has 0 bridgehead atoms. The Morgan fingerprint density at radius 1 is 0.667 bits per heavy atom. The molecule has 0 spiro atoms. The maximum atomic E-state index is 13.5. The van der Waals surface area contributed by atoms with Crippen molar-refractivity contribution >= 4 is 55.6 Å². The van der Waals surface area contributed by atoms with Crippen molar-refractivity contribution in [3.05, 3.63) is 116 Å². The minimum Gasteiger partial charge on any atom is -0.478 e. The van der Waals surface area contributed by atoms with Gasteiger partial charge in [-0.3, -0.25) is 9.59 Å². The first-order valence-corrected chi connectivity index (χ1v) is 12.4. The summed E-state index contributed by atoms with van der Waals surface area (Å²) in [6.45, 7) is 4.08. The zero-order chi connectivity index (χ0) is 27.8. The number of carbonyl (C=O) groups is 2. The van der Waals surface area contributed by atoms with E-state index in [2.05, 4.69) is 4.98 Å². The van der Waals surface area contributed by atoms with E-state index in [9.17, 15) is 29.4 Å². The Bertz CT molecular complexity index is 2040. The van der Waals surface area contributed by atoms with Crippen molar-refractivity contribution in [2.45, 2.75) is 20.4 Å². The topological polar surface area (TPSA) is 129 Å². The number of hydrogen-bond donors (Lipinski definition) is 3. The molecule has 39 heavy (non-hydrogen) atoms. The van der Waals surface area contributed by atoms with E-state index >= 15 is 0 Å². The normalized spacial score (nSPS) is 11.0. The molecule has 0 saturated heterocycles. The molecule has 0 aliphatic rings. The Hall–Kier alpha value is -5.24. The molecule has 6 rings (SSSR count). The first kappa shape index (κ1) is 25.4. The summed E-state index contributed by atoms with van der Waals surface area (Å²) in [5.41, 5.74) is 1.98. The molecule has 8 heteroatoms. The lowest BCUT2D eigenvalue weighted by Gasteiger charge is -2.17. The van der Waals surface area contributed by atoms with Crippen LogP contribution in [-0.2, 0) is 6.54 Å². The Morgan fingerprint density at radius 3 is 1.92 bits per heavy atom. The van der Waals surface area contributed by atoms with Crippen LogP contribution in [0, 0.1) is 0 Å². The fourth-order valence-corrected chi connectivity index (χ4v) is 4.92. The monoisotopic (exact) mass is 520 g/mol. The van der Waals surface area contributed by atoms with Gasteiger partial charge < -0.3 is 19.8 Å². The van der Waals surface area contributed by atoms with E-state index in [1.165, 1.54) is 12.1 Å². The van der Waals surface area contributed by atoms with Crippen molar-refractivity contribution in [1.29, 1.82) is 0 Å². The van der Waals surface area contributed by atoms with Gasteiger partial charge in [0.15, 0.2) is 10.9 Å². The van der Waals surface area contributed by atoms with Crippen LogP contribution in [0.5, 0.6) is 0 Å². The lowest BCUT2D eigenvalue weighted by molar-refractivity contribution is 0.0696. The molecule has 0 fully saturated rings. The van der Waals surface area contributed by atoms with Crippen LogP contribution >= 0.6 is 0 Å². The number of nitrogens with one attached hydrogen (secondary N) is 1. The molecule has 0 saturated carbocycles. The summed E-state index contributed by atoms with van der Waals surface area (Å²) >= 11 is 0. The fraction of sp³-hybridized carbons (Fsp3) is 0.0968. The van der Waals surface area contributed by atoms with Crippen LogP contribution < -0.4 is 10.9 Å². The van der Waals surface area contributed by atoms with Crippen molar-refractivity contribution in [2.75, 3.05) is 0 Å². The fourth-order valence-electron chi connectivity index (χ4n) is 4.92. The number of H-pyrrole nitrogens is 1. The molecule has 2 heterocycles. The Labute approximate surface area is 221 Å². The first-order valence-electron chi connectivity index (χ1n) is 12.4. The van der Waals surface area contributed by atoms with Gasteiger partial charge >= 0.3 is 11.9 Å². The zero-order valence-corrected chi connectivity index (χ0v) is 21.2. The van der Waals surface area contributed by atoms with Gasteiger partial charge in [0.1, 0.15) is 0 Å². The second kappa shape index (κ2) is 9.90. The molecule has 8 nitrogen and oxygen atoms in total. The highest BCUT2D eigenvalue weighted by atomic mass is 16.4. The average Bonchev–Trinajstić information content (AvgIpc) is 2.95. The van der Waals surface area contributed by atoms with Crippen LogP contribution in [0.25, 0.3) is 43.6 Å². The lowest BCUT2D eigenvalue weighted by Crippen LogP contribution is -2.14. The molecule has 0 amide bonds. The van der Waals surface area contributed by atoms with E-state index in [1.807, 2.05) is 24.5 Å². The highest BCUT2D eigenvalue weighted by Crippen LogP contribution is 2.26. The highest BCUT2D eigenvalue weighted by Gasteiger charge is 2.17. The van der Waals surface area contributed by atoms with Crippen molar-refractivity contribution in [1.82, 2.24) is 9.55 Å². The number of hydrogen-bond acceptors (Lipinski definition) is 4. The number of aromatic carboxylic acids is 2. The second-order valence-corrected chi connectivity index (χ2v) is 8.88. The van der Waals surface area contributed by atoms with Crippen molar-refractivity contribution < 1.29 is 19.8 Å². The number of para-hydroxylation sites is 2. The van der Waals surface area contributed by atoms with Crippen molar-refractivity contribution in [3.63, 3.8) is 0 Å². The third kappa shape index (κ3) is 4.31. The number of rotatable bonds is 4. The van der Waals surface area contributed by atoms with Gasteiger partial charge in [0, 0.05) is 33.6 Å². The predicted molar refractivity (Wildman–Crippen MR) is 152 cm³/mol. The van der Waals surface area contributed by atoms with Crippen LogP contribution in [0.4, 0.5) is 0 Å². The molecular formula is C31H24N2O6. The highest BCUT2D eigenvalue weighted by molar-refractivity contribution is 6.03. The molecule has 2 aromatic heterocycles. The number of aromatic amines is 1. The summed E-state index contributed by atoms with van der Waals surface area (Å²) in [5.74, 6) is -2.49. The molecule has 194 valence electrons. The largest absolute Gasteiger partial charge is 0.478 e. The van der Waals surface area contributed by atoms with Gasteiger partial charge in [-0.15, -0.1) is 0 Å². The summed E-state index contributed by atoms with van der Waals surface area (Å²) in [6, 6.07) is 21.4. The summed E-state index contributed by atoms with van der Waals surface area (Å²) in [4.78, 5) is 53.4. The third-order valence-corrected chi connectivity index (χ3v) is 6.62. The van der Waals surface area contributed by atoms with Crippen LogP contribution in [0.1, 0.15) is 40.1 Å². The summed E-state index contributed by atoms with van der Waals surface area (Å²) < 4.78 is 1.81. The average molecular weight is 521 g/mol. The van der Waals surface area contributed by atoms with Gasteiger partial charge in [0.2, 0.25) is 0 Å². The predicted octanol–water partition coefficient (Wildman–Crippen LogP) is 5.62. The van der Waals surface area contributed by atoms with E-state index < -0.39 is 11.9 Å². The Balaban J connectivity index is 0.00000151. The first-order chi connectivity index (χ1) is 18.8. The maximum Gasteiger partial charge on any atom is 0.335 e. The van der Waals surface area contributed by atoms with E-state index in [0.29, 0.717) is 49.2 Å². The van der Waals surface area contributed by atoms with Crippen molar-refractivity contribution in [2.24, 2.45) is 0 Å². The molecule has 0 aliphatic carbocycles. The molecule has 3 N–H and O–H groups in total. The van der Waals surface area contributed by atoms with Gasteiger partial charge in [-0.1, -0.05) is 38.1 Å². The quantitative estimate of drug-likeness (QED) is 0.259. The number of nitrogens with zero attached hydrogens (tertiary/aromatic N) is 1. The zero-order valence-electron chi connectivity index (χ0n) is 21.2. The molecular weight excluding hydrogens is 496 g/mol. The van der Waals surface area contributed by atoms with E-state index in [0.717, 1.165) is 6.07 Å². The van der Waals surface area contributed by atoms with E-state index in [1.54, 1.807) is 54.6 Å². The third-order valence-electron chi connectivity index (χ3n) is 6.62.